The first kappa shape index (κ1) is 13.9. The number of benzene rings is 1. The van der Waals surface area contributed by atoms with Crippen LogP contribution in [0.15, 0.2) is 12.1 Å². The highest BCUT2D eigenvalue weighted by atomic mass is 16.5. The molecule has 2 heterocycles. The van der Waals surface area contributed by atoms with Crippen molar-refractivity contribution in [3.05, 3.63) is 28.8 Å². The van der Waals surface area contributed by atoms with E-state index in [9.17, 15) is 5.11 Å². The van der Waals surface area contributed by atoms with Crippen molar-refractivity contribution in [2.75, 3.05) is 14.2 Å². The number of aryl methyl sites for hydroxylation is 2. The summed E-state index contributed by atoms with van der Waals surface area (Å²) in [5.41, 5.74) is 2.67. The number of nitrogens with zero attached hydrogens (tertiary/aromatic N) is 1. The second-order valence-electron chi connectivity index (χ2n) is 6.63. The molecule has 2 fully saturated rings. The van der Waals surface area contributed by atoms with E-state index in [1.54, 1.807) is 7.11 Å². The van der Waals surface area contributed by atoms with Gasteiger partial charge in [-0.3, -0.25) is 0 Å². The number of rotatable bonds is 2. The van der Waals surface area contributed by atoms with Crippen LogP contribution in [0.25, 0.3) is 0 Å². The van der Waals surface area contributed by atoms with Crippen LogP contribution in [0.3, 0.4) is 0 Å². The maximum Gasteiger partial charge on any atom is 0.122 e. The molecule has 0 spiro atoms. The smallest absolute Gasteiger partial charge is 0.122 e. The molecule has 1 aromatic rings. The molecule has 2 unspecified atom stereocenters. The average Bonchev–Trinajstić information content (AvgIpc) is 2.64. The van der Waals surface area contributed by atoms with Crippen LogP contribution in [0.2, 0.25) is 0 Å². The molecule has 0 amide bonds. The molecule has 0 saturated carbocycles. The van der Waals surface area contributed by atoms with Crippen molar-refractivity contribution in [1.29, 1.82) is 0 Å². The Bertz CT molecular complexity index is 512. The number of piperidine rings is 1. The molecule has 1 N–H and O–H groups in total. The Kier molecular flexibility index (Phi) is 3.30. The van der Waals surface area contributed by atoms with Crippen molar-refractivity contribution in [2.24, 2.45) is 0 Å². The molecule has 2 aliphatic heterocycles. The zero-order valence-corrected chi connectivity index (χ0v) is 12.9. The van der Waals surface area contributed by atoms with E-state index in [2.05, 4.69) is 37.9 Å². The Labute approximate surface area is 121 Å². The Balaban J connectivity index is 1.98. The topological polar surface area (TPSA) is 32.7 Å². The second kappa shape index (κ2) is 4.74. The van der Waals surface area contributed by atoms with Gasteiger partial charge in [-0.2, -0.15) is 0 Å². The maximum absolute atomic E-state index is 11.2. The lowest BCUT2D eigenvalue weighted by Gasteiger charge is -2.43. The second-order valence-corrected chi connectivity index (χ2v) is 6.63. The van der Waals surface area contributed by atoms with E-state index in [-0.39, 0.29) is 0 Å². The first-order valence-corrected chi connectivity index (χ1v) is 7.54. The maximum atomic E-state index is 11.2. The number of methoxy groups -OCH3 is 1. The molecule has 3 rings (SSSR count). The standard InChI is InChI=1S/C17H25NO2/c1-11-8-16(20-4)12(2)7-15(11)17(19)9-13-5-6-14(10-17)18(13)3/h7-8,13-14,19H,5-6,9-10H2,1-4H3. The summed E-state index contributed by atoms with van der Waals surface area (Å²) in [4.78, 5) is 2.46. The van der Waals surface area contributed by atoms with Crippen LogP contribution < -0.4 is 4.74 Å². The van der Waals surface area contributed by atoms with E-state index in [1.807, 2.05) is 0 Å². The van der Waals surface area contributed by atoms with Crippen LogP contribution in [0.5, 0.6) is 5.75 Å². The first-order valence-electron chi connectivity index (χ1n) is 7.54. The van der Waals surface area contributed by atoms with Gasteiger partial charge in [0.2, 0.25) is 0 Å². The number of ether oxygens (including phenoxy) is 1. The number of aliphatic hydroxyl groups is 1. The van der Waals surface area contributed by atoms with Crippen LogP contribution in [0.4, 0.5) is 0 Å². The van der Waals surface area contributed by atoms with E-state index in [1.165, 1.54) is 12.8 Å². The Morgan fingerprint density at radius 3 is 2.30 bits per heavy atom. The van der Waals surface area contributed by atoms with Gasteiger partial charge in [-0.15, -0.1) is 0 Å². The molecule has 20 heavy (non-hydrogen) atoms. The zero-order valence-electron chi connectivity index (χ0n) is 12.9. The van der Waals surface area contributed by atoms with E-state index in [0.717, 1.165) is 35.3 Å². The van der Waals surface area contributed by atoms with Gasteiger partial charge in [0.05, 0.1) is 12.7 Å². The summed E-state index contributed by atoms with van der Waals surface area (Å²) >= 11 is 0. The van der Waals surface area contributed by atoms with Gasteiger partial charge < -0.3 is 14.7 Å². The molecule has 2 bridgehead atoms. The fourth-order valence-corrected chi connectivity index (χ4v) is 4.18. The highest BCUT2D eigenvalue weighted by molar-refractivity contribution is 5.44. The summed E-state index contributed by atoms with van der Waals surface area (Å²) in [6.45, 7) is 4.13. The normalized spacial score (nSPS) is 33.5. The predicted octanol–water partition coefficient (Wildman–Crippen LogP) is 2.76. The minimum atomic E-state index is -0.667. The molecule has 0 aromatic heterocycles. The van der Waals surface area contributed by atoms with E-state index in [4.69, 9.17) is 4.74 Å². The van der Waals surface area contributed by atoms with Crippen molar-refractivity contribution in [1.82, 2.24) is 4.90 Å². The Morgan fingerprint density at radius 1 is 1.15 bits per heavy atom. The van der Waals surface area contributed by atoms with Gasteiger partial charge in [0.25, 0.3) is 0 Å². The van der Waals surface area contributed by atoms with Gasteiger partial charge in [-0.25, -0.2) is 0 Å². The zero-order chi connectivity index (χ0) is 14.5. The highest BCUT2D eigenvalue weighted by Crippen LogP contribution is 2.46. The van der Waals surface area contributed by atoms with Crippen molar-refractivity contribution in [2.45, 2.75) is 57.2 Å². The van der Waals surface area contributed by atoms with Gasteiger partial charge in [0.15, 0.2) is 0 Å². The molecule has 3 heteroatoms. The van der Waals surface area contributed by atoms with Gasteiger partial charge in [-0.05, 0) is 75.4 Å². The van der Waals surface area contributed by atoms with E-state index < -0.39 is 5.60 Å². The van der Waals surface area contributed by atoms with Crippen LogP contribution in [0, 0.1) is 13.8 Å². The number of hydrogen-bond acceptors (Lipinski definition) is 3. The van der Waals surface area contributed by atoms with Gasteiger partial charge in [-0.1, -0.05) is 0 Å². The Morgan fingerprint density at radius 2 is 1.75 bits per heavy atom. The summed E-state index contributed by atoms with van der Waals surface area (Å²) in [6, 6.07) is 5.24. The van der Waals surface area contributed by atoms with Crippen LogP contribution >= 0.6 is 0 Å². The van der Waals surface area contributed by atoms with Crippen molar-refractivity contribution in [3.63, 3.8) is 0 Å². The fraction of sp³-hybridized carbons (Fsp3) is 0.647. The van der Waals surface area contributed by atoms with Crippen LogP contribution in [-0.2, 0) is 5.60 Å². The summed E-state index contributed by atoms with van der Waals surface area (Å²) in [6.07, 6.45) is 4.15. The fourth-order valence-electron chi connectivity index (χ4n) is 4.18. The lowest BCUT2D eigenvalue weighted by atomic mass is 9.78. The summed E-state index contributed by atoms with van der Waals surface area (Å²) in [7, 11) is 3.90. The number of fused-ring (bicyclic) bond motifs is 2. The third-order valence-electron chi connectivity index (χ3n) is 5.37. The SMILES string of the molecule is COc1cc(C)c(C2(O)CC3CCC(C2)N3C)cc1C. The molecule has 0 aliphatic carbocycles. The molecule has 3 nitrogen and oxygen atoms in total. The molecule has 1 aromatic carbocycles. The molecule has 2 saturated heterocycles. The van der Waals surface area contributed by atoms with Crippen molar-refractivity contribution >= 4 is 0 Å². The van der Waals surface area contributed by atoms with Crippen molar-refractivity contribution < 1.29 is 9.84 Å². The van der Waals surface area contributed by atoms with Gasteiger partial charge in [0, 0.05) is 12.1 Å². The summed E-state index contributed by atoms with van der Waals surface area (Å²) < 4.78 is 5.38. The van der Waals surface area contributed by atoms with E-state index in [0.29, 0.717) is 12.1 Å². The van der Waals surface area contributed by atoms with Gasteiger partial charge in [0.1, 0.15) is 5.75 Å². The number of hydrogen-bond donors (Lipinski definition) is 1. The third-order valence-corrected chi connectivity index (χ3v) is 5.37. The minimum Gasteiger partial charge on any atom is -0.496 e. The van der Waals surface area contributed by atoms with E-state index >= 15 is 0 Å². The summed E-state index contributed by atoms with van der Waals surface area (Å²) in [5, 5.41) is 11.2. The molecule has 110 valence electrons. The lowest BCUT2D eigenvalue weighted by Crippen LogP contribution is -2.47. The van der Waals surface area contributed by atoms with Crippen LogP contribution in [-0.4, -0.2) is 36.2 Å². The van der Waals surface area contributed by atoms with Crippen LogP contribution in [0.1, 0.15) is 42.4 Å². The lowest BCUT2D eigenvalue weighted by molar-refractivity contribution is -0.0497. The molecule has 0 radical (unpaired) electrons. The largest absolute Gasteiger partial charge is 0.496 e. The molecule has 2 atom stereocenters. The predicted molar refractivity (Wildman–Crippen MR) is 80.2 cm³/mol. The molecular weight excluding hydrogens is 250 g/mol. The first-order chi connectivity index (χ1) is 9.44. The van der Waals surface area contributed by atoms with Gasteiger partial charge >= 0.3 is 0 Å². The average molecular weight is 275 g/mol. The third kappa shape index (κ3) is 2.04. The monoisotopic (exact) mass is 275 g/mol. The molecular formula is C17H25NO2. The quantitative estimate of drug-likeness (QED) is 0.901. The molecule has 2 aliphatic rings. The highest BCUT2D eigenvalue weighted by Gasteiger charge is 2.47. The Hall–Kier alpha value is -1.06. The van der Waals surface area contributed by atoms with Crippen molar-refractivity contribution in [3.8, 4) is 5.75 Å². The minimum absolute atomic E-state index is 0.528. The summed E-state index contributed by atoms with van der Waals surface area (Å²) in [5.74, 6) is 0.908.